The average Bonchev–Trinajstić information content (AvgIpc) is 3.17. The molecule has 0 aliphatic carbocycles. The maximum Gasteiger partial charge on any atom is 0.325 e. The van der Waals surface area contributed by atoms with Gasteiger partial charge in [0.05, 0.1) is 18.4 Å². The first kappa shape index (κ1) is 16.0. The number of amides is 1. The SMILES string of the molecule is CC(NC(=O)c1ccc(NCc2cnc3n2CCC3)cc1)C(=O)O. The van der Waals surface area contributed by atoms with Gasteiger partial charge in [0.25, 0.3) is 5.91 Å². The fourth-order valence-corrected chi connectivity index (χ4v) is 2.74. The Balaban J connectivity index is 1.58. The van der Waals surface area contributed by atoms with Crippen LogP contribution in [-0.4, -0.2) is 32.6 Å². The number of carbonyl (C=O) groups excluding carboxylic acids is 1. The van der Waals surface area contributed by atoms with Gasteiger partial charge >= 0.3 is 5.97 Å². The predicted octanol–water partition coefficient (Wildman–Crippen LogP) is 1.64. The second-order valence-electron chi connectivity index (χ2n) is 5.89. The van der Waals surface area contributed by atoms with E-state index in [0.717, 1.165) is 36.6 Å². The van der Waals surface area contributed by atoms with E-state index in [9.17, 15) is 9.59 Å². The highest BCUT2D eigenvalue weighted by Crippen LogP contribution is 2.17. The second kappa shape index (κ2) is 6.74. The standard InChI is InChI=1S/C17H20N4O3/c1-11(17(23)24)20-16(22)12-4-6-13(7-5-12)18-9-14-10-19-15-3-2-8-21(14)15/h4-7,10-11,18H,2-3,8-9H2,1H3,(H,20,22)(H,23,24). The second-order valence-corrected chi connectivity index (χ2v) is 5.89. The van der Waals surface area contributed by atoms with E-state index in [4.69, 9.17) is 5.11 Å². The van der Waals surface area contributed by atoms with Crippen molar-refractivity contribution in [2.24, 2.45) is 0 Å². The molecule has 3 rings (SSSR count). The van der Waals surface area contributed by atoms with Crippen LogP contribution in [0.1, 0.15) is 35.2 Å². The topological polar surface area (TPSA) is 96.3 Å². The normalized spacial score (nSPS) is 14.0. The number of hydrogen-bond donors (Lipinski definition) is 3. The van der Waals surface area contributed by atoms with Crippen LogP contribution in [-0.2, 0) is 24.3 Å². The fourth-order valence-electron chi connectivity index (χ4n) is 2.74. The summed E-state index contributed by atoms with van der Waals surface area (Å²) in [7, 11) is 0. The highest BCUT2D eigenvalue weighted by molar-refractivity contribution is 5.96. The van der Waals surface area contributed by atoms with E-state index >= 15 is 0 Å². The summed E-state index contributed by atoms with van der Waals surface area (Å²) in [6.07, 6.45) is 4.09. The molecule has 1 aromatic carbocycles. The Bertz CT molecular complexity index is 752. The van der Waals surface area contributed by atoms with Crippen LogP contribution in [0, 0.1) is 0 Å². The van der Waals surface area contributed by atoms with Gasteiger partial charge in [-0.25, -0.2) is 4.98 Å². The largest absolute Gasteiger partial charge is 0.480 e. The van der Waals surface area contributed by atoms with Crippen LogP contribution in [0.2, 0.25) is 0 Å². The van der Waals surface area contributed by atoms with Gasteiger partial charge in [-0.1, -0.05) is 0 Å². The number of carbonyl (C=O) groups is 2. The van der Waals surface area contributed by atoms with Crippen molar-refractivity contribution in [3.63, 3.8) is 0 Å². The number of benzene rings is 1. The smallest absolute Gasteiger partial charge is 0.325 e. The molecule has 1 aliphatic rings. The molecule has 1 unspecified atom stereocenters. The molecule has 1 amide bonds. The molecule has 0 radical (unpaired) electrons. The number of nitrogens with zero attached hydrogens (tertiary/aromatic N) is 2. The minimum Gasteiger partial charge on any atom is -0.480 e. The van der Waals surface area contributed by atoms with Gasteiger partial charge < -0.3 is 20.3 Å². The van der Waals surface area contributed by atoms with Crippen molar-refractivity contribution in [3.8, 4) is 0 Å². The average molecular weight is 328 g/mol. The Morgan fingerprint density at radius 1 is 1.33 bits per heavy atom. The van der Waals surface area contributed by atoms with Crippen molar-refractivity contribution in [1.29, 1.82) is 0 Å². The Morgan fingerprint density at radius 2 is 2.08 bits per heavy atom. The summed E-state index contributed by atoms with van der Waals surface area (Å²) in [5, 5.41) is 14.6. The number of aliphatic carboxylic acids is 1. The lowest BCUT2D eigenvalue weighted by Crippen LogP contribution is -2.38. The molecule has 0 saturated heterocycles. The lowest BCUT2D eigenvalue weighted by atomic mass is 10.2. The first-order chi connectivity index (χ1) is 11.5. The Hall–Kier alpha value is -2.83. The van der Waals surface area contributed by atoms with Gasteiger partial charge in [0.2, 0.25) is 0 Å². The van der Waals surface area contributed by atoms with E-state index in [1.54, 1.807) is 12.1 Å². The van der Waals surface area contributed by atoms with Crippen molar-refractivity contribution >= 4 is 17.6 Å². The fraction of sp³-hybridized carbons (Fsp3) is 0.353. The number of rotatable bonds is 6. The Labute approximate surface area is 139 Å². The van der Waals surface area contributed by atoms with Crippen molar-refractivity contribution < 1.29 is 14.7 Å². The van der Waals surface area contributed by atoms with E-state index < -0.39 is 17.9 Å². The Kier molecular flexibility index (Phi) is 4.50. The van der Waals surface area contributed by atoms with Gasteiger partial charge in [-0.3, -0.25) is 9.59 Å². The summed E-state index contributed by atoms with van der Waals surface area (Å²) in [5.41, 5.74) is 2.48. The zero-order chi connectivity index (χ0) is 17.1. The van der Waals surface area contributed by atoms with Gasteiger partial charge in [-0.15, -0.1) is 0 Å². The molecule has 2 heterocycles. The number of aromatic nitrogens is 2. The lowest BCUT2D eigenvalue weighted by molar-refractivity contribution is -0.138. The zero-order valence-corrected chi connectivity index (χ0v) is 13.5. The first-order valence-electron chi connectivity index (χ1n) is 7.95. The molecule has 126 valence electrons. The number of nitrogens with one attached hydrogen (secondary N) is 2. The molecule has 2 aromatic rings. The number of imidazole rings is 1. The van der Waals surface area contributed by atoms with Crippen LogP contribution in [0.25, 0.3) is 0 Å². The van der Waals surface area contributed by atoms with Crippen LogP contribution >= 0.6 is 0 Å². The van der Waals surface area contributed by atoms with E-state index in [0.29, 0.717) is 12.1 Å². The number of anilines is 1. The third kappa shape index (κ3) is 3.40. The molecule has 7 nitrogen and oxygen atoms in total. The van der Waals surface area contributed by atoms with Crippen molar-refractivity contribution in [2.75, 3.05) is 5.32 Å². The zero-order valence-electron chi connectivity index (χ0n) is 13.5. The van der Waals surface area contributed by atoms with Crippen LogP contribution < -0.4 is 10.6 Å². The summed E-state index contributed by atoms with van der Waals surface area (Å²) in [4.78, 5) is 27.1. The molecular weight excluding hydrogens is 308 g/mol. The molecule has 0 spiro atoms. The van der Waals surface area contributed by atoms with Gasteiger partial charge in [0.15, 0.2) is 0 Å². The molecule has 0 saturated carbocycles. The minimum atomic E-state index is -1.06. The number of carboxylic acids is 1. The van der Waals surface area contributed by atoms with Crippen LogP contribution in [0.3, 0.4) is 0 Å². The van der Waals surface area contributed by atoms with Crippen LogP contribution in [0.4, 0.5) is 5.69 Å². The molecule has 0 fully saturated rings. The van der Waals surface area contributed by atoms with Gasteiger partial charge in [-0.2, -0.15) is 0 Å². The summed E-state index contributed by atoms with van der Waals surface area (Å²) in [5.74, 6) is -0.314. The molecule has 1 atom stereocenters. The minimum absolute atomic E-state index is 0.398. The quantitative estimate of drug-likeness (QED) is 0.749. The van der Waals surface area contributed by atoms with Crippen molar-refractivity contribution in [2.45, 2.75) is 38.9 Å². The first-order valence-corrected chi connectivity index (χ1v) is 7.95. The van der Waals surface area contributed by atoms with E-state index in [1.165, 1.54) is 6.92 Å². The molecule has 24 heavy (non-hydrogen) atoms. The molecule has 1 aromatic heterocycles. The van der Waals surface area contributed by atoms with Gasteiger partial charge in [0, 0.05) is 24.2 Å². The van der Waals surface area contributed by atoms with Gasteiger partial charge in [-0.05, 0) is 37.6 Å². The van der Waals surface area contributed by atoms with Crippen molar-refractivity contribution in [1.82, 2.24) is 14.9 Å². The number of fused-ring (bicyclic) bond motifs is 1. The monoisotopic (exact) mass is 328 g/mol. The van der Waals surface area contributed by atoms with E-state index in [1.807, 2.05) is 18.3 Å². The van der Waals surface area contributed by atoms with Crippen LogP contribution in [0.15, 0.2) is 30.5 Å². The van der Waals surface area contributed by atoms with Crippen LogP contribution in [0.5, 0.6) is 0 Å². The highest BCUT2D eigenvalue weighted by Gasteiger charge is 2.16. The van der Waals surface area contributed by atoms with Gasteiger partial charge in [0.1, 0.15) is 11.9 Å². The number of hydrogen-bond acceptors (Lipinski definition) is 4. The Morgan fingerprint density at radius 3 is 2.79 bits per heavy atom. The summed E-state index contributed by atoms with van der Waals surface area (Å²) < 4.78 is 2.24. The summed E-state index contributed by atoms with van der Waals surface area (Å²) >= 11 is 0. The van der Waals surface area contributed by atoms with Crippen molar-refractivity contribution in [3.05, 3.63) is 47.5 Å². The maximum atomic E-state index is 11.9. The summed E-state index contributed by atoms with van der Waals surface area (Å²) in [6.45, 7) is 3.13. The molecule has 1 aliphatic heterocycles. The van der Waals surface area contributed by atoms with E-state index in [2.05, 4.69) is 20.2 Å². The molecule has 3 N–H and O–H groups in total. The molecule has 7 heteroatoms. The third-order valence-electron chi connectivity index (χ3n) is 4.14. The number of carboxylic acid groups (broad SMARTS) is 1. The number of aryl methyl sites for hydroxylation is 1. The third-order valence-corrected chi connectivity index (χ3v) is 4.14. The maximum absolute atomic E-state index is 11.9. The molecular formula is C17H20N4O3. The highest BCUT2D eigenvalue weighted by atomic mass is 16.4. The van der Waals surface area contributed by atoms with E-state index in [-0.39, 0.29) is 0 Å². The predicted molar refractivity (Wildman–Crippen MR) is 88.9 cm³/mol. The molecule has 0 bridgehead atoms. The summed E-state index contributed by atoms with van der Waals surface area (Å²) in [6, 6.07) is 6.04. The lowest BCUT2D eigenvalue weighted by Gasteiger charge is -2.11.